The SMILES string of the molecule is NCCC(F)(F)c1cc(Br)ccc1F. The molecule has 0 aliphatic heterocycles. The van der Waals surface area contributed by atoms with Gasteiger partial charge >= 0.3 is 0 Å². The zero-order valence-electron chi connectivity index (χ0n) is 7.24. The van der Waals surface area contributed by atoms with Gasteiger partial charge in [0, 0.05) is 10.9 Å². The second-order valence-electron chi connectivity index (χ2n) is 2.87. The maximum atomic E-state index is 13.3. The number of rotatable bonds is 3. The molecule has 0 atom stereocenters. The predicted octanol–water partition coefficient (Wildman–Crippen LogP) is 3.03. The van der Waals surface area contributed by atoms with Gasteiger partial charge in [-0.15, -0.1) is 0 Å². The van der Waals surface area contributed by atoms with E-state index in [0.29, 0.717) is 4.47 Å². The fourth-order valence-corrected chi connectivity index (χ4v) is 1.45. The van der Waals surface area contributed by atoms with Gasteiger partial charge in [0.15, 0.2) is 0 Å². The second kappa shape index (κ2) is 4.31. The molecule has 14 heavy (non-hydrogen) atoms. The van der Waals surface area contributed by atoms with Crippen molar-refractivity contribution in [1.82, 2.24) is 0 Å². The van der Waals surface area contributed by atoms with E-state index in [1.54, 1.807) is 0 Å². The van der Waals surface area contributed by atoms with Crippen molar-refractivity contribution in [2.45, 2.75) is 12.3 Å². The van der Waals surface area contributed by atoms with Gasteiger partial charge in [0.2, 0.25) is 0 Å². The topological polar surface area (TPSA) is 26.0 Å². The van der Waals surface area contributed by atoms with Gasteiger partial charge in [-0.2, -0.15) is 0 Å². The summed E-state index contributed by atoms with van der Waals surface area (Å²) in [6.45, 7) is -0.182. The van der Waals surface area contributed by atoms with Crippen LogP contribution in [-0.2, 0) is 5.92 Å². The lowest BCUT2D eigenvalue weighted by Gasteiger charge is -2.16. The number of alkyl halides is 2. The highest BCUT2D eigenvalue weighted by atomic mass is 79.9. The zero-order chi connectivity index (χ0) is 10.8. The van der Waals surface area contributed by atoms with Crippen LogP contribution >= 0.6 is 15.9 Å². The van der Waals surface area contributed by atoms with Gasteiger partial charge in [-0.3, -0.25) is 0 Å². The van der Waals surface area contributed by atoms with E-state index in [9.17, 15) is 13.2 Å². The van der Waals surface area contributed by atoms with E-state index < -0.39 is 23.7 Å². The molecule has 0 amide bonds. The zero-order valence-corrected chi connectivity index (χ0v) is 8.82. The fourth-order valence-electron chi connectivity index (χ4n) is 1.09. The van der Waals surface area contributed by atoms with Crippen LogP contribution in [0, 0.1) is 5.82 Å². The summed E-state index contributed by atoms with van der Waals surface area (Å²) < 4.78 is 40.0. The van der Waals surface area contributed by atoms with Crippen molar-refractivity contribution in [2.24, 2.45) is 5.73 Å². The molecule has 0 saturated heterocycles. The molecule has 78 valence electrons. The van der Waals surface area contributed by atoms with Crippen molar-refractivity contribution >= 4 is 15.9 Å². The summed E-state index contributed by atoms with van der Waals surface area (Å²) in [6.07, 6.45) is -0.555. The molecule has 0 radical (unpaired) electrons. The largest absolute Gasteiger partial charge is 0.330 e. The van der Waals surface area contributed by atoms with Crippen molar-refractivity contribution in [3.63, 3.8) is 0 Å². The molecular formula is C9H9BrF3N. The van der Waals surface area contributed by atoms with Crippen molar-refractivity contribution in [3.05, 3.63) is 34.1 Å². The molecule has 1 aromatic rings. The van der Waals surface area contributed by atoms with Crippen LogP contribution in [0.1, 0.15) is 12.0 Å². The lowest BCUT2D eigenvalue weighted by Crippen LogP contribution is -2.20. The first-order valence-corrected chi connectivity index (χ1v) is 4.80. The number of benzene rings is 1. The standard InChI is InChI=1S/C9H9BrF3N/c10-6-1-2-8(11)7(5-6)9(12,13)3-4-14/h1-2,5H,3-4,14H2. The molecule has 5 heteroatoms. The van der Waals surface area contributed by atoms with Gasteiger partial charge in [-0.05, 0) is 24.7 Å². The summed E-state index contributed by atoms with van der Waals surface area (Å²) in [7, 11) is 0. The van der Waals surface area contributed by atoms with Gasteiger partial charge in [0.05, 0.1) is 5.56 Å². The van der Waals surface area contributed by atoms with Crippen LogP contribution in [-0.4, -0.2) is 6.54 Å². The fraction of sp³-hybridized carbons (Fsp3) is 0.333. The molecule has 0 aliphatic carbocycles. The average Bonchev–Trinajstić information content (AvgIpc) is 2.09. The molecule has 0 saturated carbocycles. The van der Waals surface area contributed by atoms with E-state index in [-0.39, 0.29) is 6.54 Å². The van der Waals surface area contributed by atoms with E-state index in [4.69, 9.17) is 5.73 Å². The summed E-state index contributed by atoms with van der Waals surface area (Å²) in [5, 5.41) is 0. The lowest BCUT2D eigenvalue weighted by atomic mass is 10.1. The Balaban J connectivity index is 3.10. The van der Waals surface area contributed by atoms with Crippen LogP contribution in [0.25, 0.3) is 0 Å². The first-order valence-electron chi connectivity index (χ1n) is 4.01. The highest BCUT2D eigenvalue weighted by molar-refractivity contribution is 9.10. The molecule has 0 heterocycles. The van der Waals surface area contributed by atoms with E-state index >= 15 is 0 Å². The Kier molecular flexibility index (Phi) is 3.55. The monoisotopic (exact) mass is 267 g/mol. The Labute approximate surface area is 88.2 Å². The van der Waals surface area contributed by atoms with Gasteiger partial charge in [0.1, 0.15) is 5.82 Å². The van der Waals surface area contributed by atoms with Crippen molar-refractivity contribution in [1.29, 1.82) is 0 Å². The maximum Gasteiger partial charge on any atom is 0.277 e. The van der Waals surface area contributed by atoms with E-state index in [2.05, 4.69) is 15.9 Å². The first kappa shape index (κ1) is 11.5. The molecule has 1 nitrogen and oxygen atoms in total. The minimum absolute atomic E-state index is 0.182. The third-order valence-corrected chi connectivity index (χ3v) is 2.27. The van der Waals surface area contributed by atoms with Crippen LogP contribution < -0.4 is 5.73 Å². The molecular weight excluding hydrogens is 259 g/mol. The van der Waals surface area contributed by atoms with Gasteiger partial charge < -0.3 is 5.73 Å². The van der Waals surface area contributed by atoms with Crippen LogP contribution in [0.15, 0.2) is 22.7 Å². The second-order valence-corrected chi connectivity index (χ2v) is 3.78. The Morgan fingerprint density at radius 3 is 2.57 bits per heavy atom. The van der Waals surface area contributed by atoms with Gasteiger partial charge in [-0.25, -0.2) is 13.2 Å². The molecule has 0 spiro atoms. The Morgan fingerprint density at radius 1 is 1.36 bits per heavy atom. The minimum Gasteiger partial charge on any atom is -0.330 e. The van der Waals surface area contributed by atoms with Crippen molar-refractivity contribution in [3.8, 4) is 0 Å². The third-order valence-electron chi connectivity index (χ3n) is 1.78. The number of nitrogens with two attached hydrogens (primary N) is 1. The van der Waals surface area contributed by atoms with E-state index in [0.717, 1.165) is 12.1 Å². The molecule has 0 fully saturated rings. The Morgan fingerprint density at radius 2 is 2.00 bits per heavy atom. The summed E-state index contributed by atoms with van der Waals surface area (Å²) in [4.78, 5) is 0. The van der Waals surface area contributed by atoms with Gasteiger partial charge in [-0.1, -0.05) is 15.9 Å². The normalized spacial score (nSPS) is 11.8. The van der Waals surface area contributed by atoms with Gasteiger partial charge in [0.25, 0.3) is 5.92 Å². The molecule has 0 aliphatic rings. The van der Waals surface area contributed by atoms with E-state index in [1.165, 1.54) is 6.07 Å². The Hall–Kier alpha value is -0.550. The molecule has 1 rings (SSSR count). The minimum atomic E-state index is -3.21. The number of hydrogen-bond acceptors (Lipinski definition) is 1. The summed E-state index contributed by atoms with van der Waals surface area (Å²) in [5.41, 5.74) is 4.41. The average molecular weight is 268 g/mol. The lowest BCUT2D eigenvalue weighted by molar-refractivity contribution is -0.0141. The summed E-state index contributed by atoms with van der Waals surface area (Å²) in [5.74, 6) is -4.12. The predicted molar refractivity (Wildman–Crippen MR) is 51.7 cm³/mol. The first-order chi connectivity index (χ1) is 6.47. The molecule has 1 aromatic carbocycles. The smallest absolute Gasteiger partial charge is 0.277 e. The molecule has 0 unspecified atom stereocenters. The van der Waals surface area contributed by atoms with Crippen LogP contribution in [0.2, 0.25) is 0 Å². The molecule has 0 bridgehead atoms. The summed E-state index contributed by atoms with van der Waals surface area (Å²) >= 11 is 3.01. The van der Waals surface area contributed by atoms with Crippen molar-refractivity contribution in [2.75, 3.05) is 6.54 Å². The quantitative estimate of drug-likeness (QED) is 0.895. The van der Waals surface area contributed by atoms with Crippen LogP contribution in [0.5, 0.6) is 0 Å². The van der Waals surface area contributed by atoms with Crippen LogP contribution in [0.3, 0.4) is 0 Å². The highest BCUT2D eigenvalue weighted by Gasteiger charge is 2.33. The third kappa shape index (κ3) is 2.48. The number of halogens is 4. The van der Waals surface area contributed by atoms with Crippen molar-refractivity contribution < 1.29 is 13.2 Å². The Bertz CT molecular complexity index is 328. The highest BCUT2D eigenvalue weighted by Crippen LogP contribution is 2.34. The number of hydrogen-bond donors (Lipinski definition) is 1. The van der Waals surface area contributed by atoms with E-state index in [1.807, 2.05) is 0 Å². The maximum absolute atomic E-state index is 13.3. The molecule has 2 N–H and O–H groups in total. The van der Waals surface area contributed by atoms with Crippen LogP contribution in [0.4, 0.5) is 13.2 Å². The summed E-state index contributed by atoms with van der Waals surface area (Å²) in [6, 6.07) is 3.45. The molecule has 0 aromatic heterocycles.